The van der Waals surface area contributed by atoms with Gasteiger partial charge in [0.25, 0.3) is 0 Å². The minimum absolute atomic E-state index is 0.0229. The van der Waals surface area contributed by atoms with Crippen molar-refractivity contribution in [1.82, 2.24) is 19.5 Å². The van der Waals surface area contributed by atoms with Crippen LogP contribution in [0, 0.1) is 0 Å². The molecule has 2 aromatic heterocycles. The third-order valence-corrected chi connectivity index (χ3v) is 7.89. The number of rotatable bonds is 9. The highest BCUT2D eigenvalue weighted by Crippen LogP contribution is 2.43. The average molecular weight is 646 g/mol. The van der Waals surface area contributed by atoms with Crippen molar-refractivity contribution in [1.29, 1.82) is 0 Å². The first-order chi connectivity index (χ1) is 19.1. The van der Waals surface area contributed by atoms with E-state index in [1.165, 1.54) is 17.0 Å². The number of fused-ring (bicyclic) bond motifs is 1. The van der Waals surface area contributed by atoms with Crippen molar-refractivity contribution in [3.63, 3.8) is 0 Å². The van der Waals surface area contributed by atoms with Gasteiger partial charge in [-0.1, -0.05) is 82.8 Å². The molecule has 0 saturated carbocycles. The molecule has 14 heteroatoms. The number of ether oxygens (including phenoxy) is 3. The van der Waals surface area contributed by atoms with E-state index in [9.17, 15) is 5.11 Å². The molecular weight excluding hydrogens is 624 g/mol. The van der Waals surface area contributed by atoms with Crippen LogP contribution in [-0.2, 0) is 27.4 Å². The van der Waals surface area contributed by atoms with Gasteiger partial charge in [-0.3, -0.25) is 4.57 Å². The normalized spacial score (nSPS) is 22.7. The monoisotopic (exact) mass is 643 g/mol. The lowest BCUT2D eigenvalue weighted by atomic mass is 9.93. The molecule has 3 N–H and O–H groups in total. The Hall–Kier alpha value is -2.18. The summed E-state index contributed by atoms with van der Waals surface area (Å²) in [5.74, 6) is -0.0655. The van der Waals surface area contributed by atoms with E-state index in [1.54, 1.807) is 36.4 Å². The summed E-state index contributed by atoms with van der Waals surface area (Å²) in [4.78, 5) is 12.5. The Morgan fingerprint density at radius 3 is 2.30 bits per heavy atom. The average Bonchev–Trinajstić information content (AvgIpc) is 3.43. The zero-order valence-electron chi connectivity index (χ0n) is 20.6. The number of hydrogen-bond acceptors (Lipinski definition) is 8. The summed E-state index contributed by atoms with van der Waals surface area (Å²) >= 11 is 30.9. The number of nitrogens with zero attached hydrogens (tertiary/aromatic N) is 4. The molecule has 3 heterocycles. The van der Waals surface area contributed by atoms with Gasteiger partial charge in [-0.2, -0.15) is 9.97 Å². The molecule has 1 saturated heterocycles. The van der Waals surface area contributed by atoms with Gasteiger partial charge < -0.3 is 25.1 Å². The van der Waals surface area contributed by atoms with Gasteiger partial charge >= 0.3 is 0 Å². The van der Waals surface area contributed by atoms with E-state index in [0.717, 1.165) is 5.56 Å². The highest BCUT2D eigenvalue weighted by atomic mass is 35.5. The molecule has 5 rings (SSSR count). The van der Waals surface area contributed by atoms with Crippen LogP contribution < -0.4 is 5.73 Å². The minimum atomic E-state index is -1.77. The summed E-state index contributed by atoms with van der Waals surface area (Å²) in [6.45, 7) is 4.09. The molecule has 0 bridgehead atoms. The number of nitrogen functional groups attached to an aromatic ring is 1. The number of imidazole rings is 1. The first kappa shape index (κ1) is 29.3. The van der Waals surface area contributed by atoms with Crippen molar-refractivity contribution in [3.05, 3.63) is 91.8 Å². The van der Waals surface area contributed by atoms with Crippen LogP contribution in [-0.4, -0.2) is 49.0 Å². The highest BCUT2D eigenvalue weighted by Gasteiger charge is 2.56. The highest BCUT2D eigenvalue weighted by molar-refractivity contribution is 6.35. The summed E-state index contributed by atoms with van der Waals surface area (Å²) in [7, 11) is 0. The maximum atomic E-state index is 12.0. The van der Waals surface area contributed by atoms with Gasteiger partial charge in [-0.05, 0) is 35.4 Å². The zero-order chi connectivity index (χ0) is 28.6. The second kappa shape index (κ2) is 12.0. The summed E-state index contributed by atoms with van der Waals surface area (Å²) in [6.07, 6.45) is -0.0568. The van der Waals surface area contributed by atoms with Crippen molar-refractivity contribution in [3.8, 4) is 0 Å². The van der Waals surface area contributed by atoms with Crippen LogP contribution in [0.25, 0.3) is 11.2 Å². The molecule has 4 atom stereocenters. The second-order valence-corrected chi connectivity index (χ2v) is 11.1. The molecule has 2 aromatic carbocycles. The molecule has 1 fully saturated rings. The predicted octanol–water partition coefficient (Wildman–Crippen LogP) is 6.29. The smallest absolute Gasteiger partial charge is 0.223 e. The third kappa shape index (κ3) is 5.76. The number of benzene rings is 2. The van der Waals surface area contributed by atoms with Gasteiger partial charge in [0.15, 0.2) is 22.6 Å². The van der Waals surface area contributed by atoms with Crippen LogP contribution >= 0.6 is 58.0 Å². The SMILES string of the molecule is C=C[C@@]1(O)[C@H](OCc2ccc(Cl)cc2Cl)[C@@H](COCc2ccc(Cl)cc2Cl)O[C@H]1n1cnc2c(Cl)nc(N)nc21. The Bertz CT molecular complexity index is 1570. The van der Waals surface area contributed by atoms with Crippen LogP contribution in [0.15, 0.2) is 55.4 Å². The van der Waals surface area contributed by atoms with Gasteiger partial charge in [0.05, 0.1) is 26.1 Å². The van der Waals surface area contributed by atoms with Gasteiger partial charge in [-0.15, -0.1) is 0 Å². The fraction of sp³-hybridized carbons (Fsp3) is 0.269. The molecule has 40 heavy (non-hydrogen) atoms. The lowest BCUT2D eigenvalue weighted by Gasteiger charge is -2.31. The molecule has 0 radical (unpaired) electrons. The maximum absolute atomic E-state index is 12.0. The second-order valence-electron chi connectivity index (χ2n) is 9.03. The minimum Gasteiger partial charge on any atom is -0.378 e. The summed E-state index contributed by atoms with van der Waals surface area (Å²) in [5.41, 5.74) is 5.99. The van der Waals surface area contributed by atoms with Gasteiger partial charge in [0, 0.05) is 20.1 Å². The van der Waals surface area contributed by atoms with Crippen LogP contribution in [0.1, 0.15) is 17.4 Å². The number of anilines is 1. The quantitative estimate of drug-likeness (QED) is 0.161. The molecule has 1 aliphatic rings. The predicted molar refractivity (Wildman–Crippen MR) is 155 cm³/mol. The lowest BCUT2D eigenvalue weighted by molar-refractivity contribution is -0.0949. The molecule has 1 aliphatic heterocycles. The summed E-state index contributed by atoms with van der Waals surface area (Å²) in [6, 6.07) is 10.2. The lowest BCUT2D eigenvalue weighted by Crippen LogP contribution is -2.47. The van der Waals surface area contributed by atoms with Crippen LogP contribution in [0.5, 0.6) is 0 Å². The summed E-state index contributed by atoms with van der Waals surface area (Å²) < 4.78 is 20.0. The van der Waals surface area contributed by atoms with Gasteiger partial charge in [-0.25, -0.2) is 4.98 Å². The van der Waals surface area contributed by atoms with Crippen LogP contribution in [0.4, 0.5) is 5.95 Å². The van der Waals surface area contributed by atoms with Crippen molar-refractivity contribution in [2.24, 2.45) is 0 Å². The Kier molecular flexibility index (Phi) is 8.77. The van der Waals surface area contributed by atoms with Crippen molar-refractivity contribution >= 4 is 75.1 Å². The molecule has 9 nitrogen and oxygen atoms in total. The number of hydrogen-bond donors (Lipinski definition) is 2. The first-order valence-corrected chi connectivity index (χ1v) is 13.7. The standard InChI is InChI=1S/C26H22Cl5N5O4/c1-2-26(37)21(39-10-14-4-6-16(28)8-18(14)30)19(11-38-9-13-3-5-15(27)7-17(13)29)40-24(26)36-12-33-20-22(31)34-25(32)35-23(20)36/h2-8,12,19,21,24,37H,1,9-11H2,(H2,32,34,35)/t19-,21-,24-,26-/m1/s1. The fourth-order valence-electron chi connectivity index (χ4n) is 4.47. The summed E-state index contributed by atoms with van der Waals surface area (Å²) in [5, 5.41) is 13.9. The van der Waals surface area contributed by atoms with E-state index in [1.807, 2.05) is 0 Å². The molecular formula is C26H22Cl5N5O4. The van der Waals surface area contributed by atoms with Crippen molar-refractivity contribution in [2.75, 3.05) is 12.3 Å². The van der Waals surface area contributed by atoms with Gasteiger partial charge in [0.1, 0.15) is 17.7 Å². The van der Waals surface area contributed by atoms with E-state index in [-0.39, 0.29) is 42.1 Å². The van der Waals surface area contributed by atoms with Crippen molar-refractivity contribution in [2.45, 2.75) is 37.3 Å². The largest absolute Gasteiger partial charge is 0.378 e. The molecule has 210 valence electrons. The Morgan fingerprint density at radius 2 is 1.68 bits per heavy atom. The van der Waals surface area contributed by atoms with E-state index in [0.29, 0.717) is 25.7 Å². The van der Waals surface area contributed by atoms with E-state index >= 15 is 0 Å². The fourth-order valence-corrected chi connectivity index (χ4v) is 5.61. The van der Waals surface area contributed by atoms with Gasteiger partial charge in [0.2, 0.25) is 5.95 Å². The Balaban J connectivity index is 1.45. The first-order valence-electron chi connectivity index (χ1n) is 11.8. The number of nitrogens with two attached hydrogens (primary N) is 1. The molecule has 0 unspecified atom stereocenters. The van der Waals surface area contributed by atoms with E-state index in [2.05, 4.69) is 21.5 Å². The number of halogens is 5. The molecule has 0 amide bonds. The molecule has 0 aliphatic carbocycles. The van der Waals surface area contributed by atoms with E-state index < -0.39 is 24.0 Å². The molecule has 0 spiro atoms. The Morgan fingerprint density at radius 1 is 1.02 bits per heavy atom. The molecule has 4 aromatic rings. The van der Waals surface area contributed by atoms with E-state index in [4.69, 9.17) is 77.9 Å². The Labute approximate surface area is 254 Å². The van der Waals surface area contributed by atoms with Crippen LogP contribution in [0.3, 0.4) is 0 Å². The topological polar surface area (TPSA) is 118 Å². The third-order valence-electron chi connectivity index (χ3n) is 6.46. The number of aliphatic hydroxyl groups is 1. The zero-order valence-corrected chi connectivity index (χ0v) is 24.4. The van der Waals surface area contributed by atoms with Crippen LogP contribution in [0.2, 0.25) is 25.2 Å². The maximum Gasteiger partial charge on any atom is 0.223 e. The van der Waals surface area contributed by atoms with Crippen molar-refractivity contribution < 1.29 is 19.3 Å². The number of aromatic nitrogens is 4.